The predicted octanol–water partition coefficient (Wildman–Crippen LogP) is 4.85. The fourth-order valence-electron chi connectivity index (χ4n) is 4.29. The van der Waals surface area contributed by atoms with E-state index in [4.69, 9.17) is 0 Å². The van der Waals surface area contributed by atoms with Crippen molar-refractivity contribution in [3.63, 3.8) is 0 Å². The number of hydrogen-bond donors (Lipinski definition) is 1. The maximum Gasteiger partial charge on any atom is 0.249 e. The molecule has 0 spiro atoms. The molecule has 1 N–H and O–H groups in total. The molecule has 0 bridgehead atoms. The van der Waals surface area contributed by atoms with Gasteiger partial charge in [0.1, 0.15) is 11.9 Å². The summed E-state index contributed by atoms with van der Waals surface area (Å²) in [5, 5.41) is 3.43. The summed E-state index contributed by atoms with van der Waals surface area (Å²) < 4.78 is 2.15. The van der Waals surface area contributed by atoms with Crippen molar-refractivity contribution < 1.29 is 4.79 Å². The molecule has 7 heteroatoms. The van der Waals surface area contributed by atoms with Gasteiger partial charge in [-0.1, -0.05) is 0 Å². The molecule has 0 radical (unpaired) electrons. The van der Waals surface area contributed by atoms with Crippen molar-refractivity contribution in [2.24, 2.45) is 0 Å². The first-order valence-corrected chi connectivity index (χ1v) is 10.7. The Balaban J connectivity index is 1.67. The number of likely N-dealkylation sites (N-methyl/N-ethyl adjacent to an activating group) is 1. The number of carbonyl (C=O) groups excluding carboxylic acids is 1. The summed E-state index contributed by atoms with van der Waals surface area (Å²) in [6, 6.07) is 10.4. The van der Waals surface area contributed by atoms with Crippen LogP contribution in [0.5, 0.6) is 0 Å². The van der Waals surface area contributed by atoms with Crippen molar-refractivity contribution in [1.29, 1.82) is 0 Å². The Kier molecular flexibility index (Phi) is 5.43. The molecule has 2 aromatic heterocycles. The molecule has 0 saturated heterocycles. The van der Waals surface area contributed by atoms with Crippen molar-refractivity contribution in [2.45, 2.75) is 52.7 Å². The van der Waals surface area contributed by atoms with Crippen LogP contribution in [0.3, 0.4) is 0 Å². The topological polar surface area (TPSA) is 66.3 Å². The van der Waals surface area contributed by atoms with Gasteiger partial charge in [-0.15, -0.1) is 0 Å². The van der Waals surface area contributed by atoms with Crippen molar-refractivity contribution in [1.82, 2.24) is 14.5 Å². The quantitative estimate of drug-likeness (QED) is 0.642. The van der Waals surface area contributed by atoms with E-state index in [0.717, 1.165) is 34.1 Å². The van der Waals surface area contributed by atoms with Crippen LogP contribution in [0.15, 0.2) is 49.1 Å². The predicted molar refractivity (Wildman–Crippen MR) is 126 cm³/mol. The van der Waals surface area contributed by atoms with Crippen molar-refractivity contribution in [3.05, 3.63) is 49.1 Å². The van der Waals surface area contributed by atoms with Crippen LogP contribution in [-0.2, 0) is 4.79 Å². The molecule has 1 aliphatic rings. The van der Waals surface area contributed by atoms with Gasteiger partial charge in [0.2, 0.25) is 5.91 Å². The second-order valence-corrected chi connectivity index (χ2v) is 8.61. The van der Waals surface area contributed by atoms with Crippen LogP contribution in [0.4, 0.5) is 22.9 Å². The lowest BCUT2D eigenvalue weighted by molar-refractivity contribution is -0.119. The zero-order valence-corrected chi connectivity index (χ0v) is 19.0. The molecule has 4 rings (SSSR count). The van der Waals surface area contributed by atoms with Crippen molar-refractivity contribution >= 4 is 28.8 Å². The molecule has 0 saturated carbocycles. The molecule has 0 aliphatic carbocycles. The van der Waals surface area contributed by atoms with Gasteiger partial charge in [-0.25, -0.2) is 9.97 Å². The summed E-state index contributed by atoms with van der Waals surface area (Å²) in [5.41, 5.74) is 5.02. The zero-order valence-electron chi connectivity index (χ0n) is 19.0. The maximum atomic E-state index is 12.7. The highest BCUT2D eigenvalue weighted by molar-refractivity contribution is 6.05. The van der Waals surface area contributed by atoms with Gasteiger partial charge in [-0.2, -0.15) is 0 Å². The summed E-state index contributed by atoms with van der Waals surface area (Å²) in [6.07, 6.45) is 5.55. The number of carbonyl (C=O) groups is 1. The van der Waals surface area contributed by atoms with Crippen LogP contribution in [0.1, 0.15) is 40.7 Å². The molecule has 1 amide bonds. The van der Waals surface area contributed by atoms with Gasteiger partial charge in [0, 0.05) is 36.6 Å². The third-order valence-corrected chi connectivity index (χ3v) is 5.83. The summed E-state index contributed by atoms with van der Waals surface area (Å²) in [7, 11) is 1.84. The fourth-order valence-corrected chi connectivity index (χ4v) is 4.29. The van der Waals surface area contributed by atoms with E-state index < -0.39 is 0 Å². The van der Waals surface area contributed by atoms with Crippen molar-refractivity contribution in [2.75, 3.05) is 22.2 Å². The SMILES string of the molecule is CC(C)N1c2cc(Nc3cc(-c4cncn4C(C)C)ccn3)ccc2N(C)C(=O)[C@H]1C. The minimum absolute atomic E-state index is 0.109. The average Bonchev–Trinajstić information content (AvgIpc) is 3.22. The largest absolute Gasteiger partial charge is 0.356 e. The summed E-state index contributed by atoms with van der Waals surface area (Å²) in [4.78, 5) is 25.4. The molecule has 0 unspecified atom stereocenters. The molecule has 31 heavy (non-hydrogen) atoms. The smallest absolute Gasteiger partial charge is 0.249 e. The molecule has 1 aromatic carbocycles. The van der Waals surface area contributed by atoms with Gasteiger partial charge in [-0.05, 0) is 65.0 Å². The maximum absolute atomic E-state index is 12.7. The Hall–Kier alpha value is -3.35. The van der Waals surface area contributed by atoms with Gasteiger partial charge < -0.3 is 19.7 Å². The van der Waals surface area contributed by atoms with Crippen LogP contribution in [0.25, 0.3) is 11.3 Å². The van der Waals surface area contributed by atoms with Gasteiger partial charge in [0.25, 0.3) is 0 Å². The average molecular weight is 419 g/mol. The first kappa shape index (κ1) is 20.9. The summed E-state index contributed by atoms with van der Waals surface area (Å²) in [5.74, 6) is 0.872. The lowest BCUT2D eigenvalue weighted by Gasteiger charge is -2.42. The molecule has 162 valence electrons. The van der Waals surface area contributed by atoms with E-state index in [0.29, 0.717) is 6.04 Å². The second-order valence-electron chi connectivity index (χ2n) is 8.61. The van der Waals surface area contributed by atoms with Crippen molar-refractivity contribution in [3.8, 4) is 11.3 Å². The zero-order chi connectivity index (χ0) is 22.3. The number of pyridine rings is 1. The first-order valence-electron chi connectivity index (χ1n) is 10.7. The van der Waals surface area contributed by atoms with Crippen LogP contribution in [-0.4, -0.2) is 39.6 Å². The lowest BCUT2D eigenvalue weighted by atomic mass is 10.0. The number of anilines is 4. The number of rotatable bonds is 5. The Morgan fingerprint density at radius 3 is 2.52 bits per heavy atom. The molecule has 0 fully saturated rings. The highest BCUT2D eigenvalue weighted by atomic mass is 16.2. The van der Waals surface area contributed by atoms with Gasteiger partial charge >= 0.3 is 0 Å². The van der Waals surface area contributed by atoms with Crippen LogP contribution in [0, 0.1) is 0 Å². The molecule has 1 atom stereocenters. The van der Waals surface area contributed by atoms with E-state index in [1.165, 1.54) is 0 Å². The fraction of sp³-hybridized carbons (Fsp3) is 0.375. The highest BCUT2D eigenvalue weighted by Gasteiger charge is 2.34. The van der Waals surface area contributed by atoms with Crippen LogP contribution >= 0.6 is 0 Å². The van der Waals surface area contributed by atoms with E-state index in [2.05, 4.69) is 58.5 Å². The highest BCUT2D eigenvalue weighted by Crippen LogP contribution is 2.39. The van der Waals surface area contributed by atoms with Gasteiger partial charge in [-0.3, -0.25) is 4.79 Å². The van der Waals surface area contributed by atoms with E-state index >= 15 is 0 Å². The van der Waals surface area contributed by atoms with Crippen LogP contribution in [0.2, 0.25) is 0 Å². The second kappa shape index (κ2) is 8.06. The monoisotopic (exact) mass is 418 g/mol. The normalized spacial score (nSPS) is 16.3. The number of fused-ring (bicyclic) bond motifs is 1. The van der Waals surface area contributed by atoms with Crippen LogP contribution < -0.4 is 15.1 Å². The summed E-state index contributed by atoms with van der Waals surface area (Å²) >= 11 is 0. The molecular weight excluding hydrogens is 388 g/mol. The van der Waals surface area contributed by atoms with Gasteiger partial charge in [0.05, 0.1) is 29.6 Å². The molecular formula is C24H30N6O. The lowest BCUT2D eigenvalue weighted by Crippen LogP contribution is -2.53. The Bertz CT molecular complexity index is 1100. The van der Waals surface area contributed by atoms with Gasteiger partial charge in [0.15, 0.2) is 0 Å². The first-order chi connectivity index (χ1) is 14.8. The number of imidazole rings is 1. The molecule has 7 nitrogen and oxygen atoms in total. The molecule has 3 heterocycles. The van der Waals surface area contributed by atoms with E-state index in [1.807, 2.05) is 57.0 Å². The number of nitrogens with one attached hydrogen (secondary N) is 1. The number of benzene rings is 1. The number of hydrogen-bond acceptors (Lipinski definition) is 5. The van der Waals surface area contributed by atoms with E-state index in [1.54, 1.807) is 4.90 Å². The third-order valence-electron chi connectivity index (χ3n) is 5.83. The molecule has 3 aromatic rings. The standard InChI is InChI=1S/C24H30N6O/c1-15(2)29-14-25-13-22(29)18-9-10-26-23(11-18)27-19-7-8-20-21(12-19)30(16(3)4)17(5)24(31)28(20)6/h7-17H,1-6H3,(H,26,27)/t17-/m1/s1. The third kappa shape index (κ3) is 3.76. The number of nitrogens with zero attached hydrogens (tertiary/aromatic N) is 5. The molecule has 1 aliphatic heterocycles. The van der Waals surface area contributed by atoms with E-state index in [-0.39, 0.29) is 18.0 Å². The minimum atomic E-state index is -0.203. The Morgan fingerprint density at radius 1 is 1.03 bits per heavy atom. The Morgan fingerprint density at radius 2 is 1.81 bits per heavy atom. The number of amides is 1. The minimum Gasteiger partial charge on any atom is -0.356 e. The number of aromatic nitrogens is 3. The summed E-state index contributed by atoms with van der Waals surface area (Å²) in [6.45, 7) is 10.5. The Labute approximate surface area is 183 Å². The van der Waals surface area contributed by atoms with E-state index in [9.17, 15) is 4.79 Å².